The molecule has 4 heteroatoms. The van der Waals surface area contributed by atoms with E-state index < -0.39 is 0 Å². The maximum Gasteiger partial charge on any atom is 0.251 e. The fourth-order valence-corrected chi connectivity index (χ4v) is 1.66. The quantitative estimate of drug-likeness (QED) is 0.777. The lowest BCUT2D eigenvalue weighted by Crippen LogP contribution is -2.22. The predicted molar refractivity (Wildman–Crippen MR) is 63.5 cm³/mol. The molecule has 0 aliphatic rings. The molecule has 0 unspecified atom stereocenters. The van der Waals surface area contributed by atoms with E-state index in [9.17, 15) is 4.79 Å². The van der Waals surface area contributed by atoms with E-state index in [1.807, 2.05) is 25.1 Å². The molecule has 0 saturated carbocycles. The maximum absolute atomic E-state index is 11.7. The monoisotopic (exact) mass is 225 g/mol. The molecule has 0 radical (unpaired) electrons. The van der Waals surface area contributed by atoms with Crippen molar-refractivity contribution >= 4 is 0 Å². The average Bonchev–Trinajstić information content (AvgIpc) is 2.34. The first-order valence-electron chi connectivity index (χ1n) is 5.23. The zero-order chi connectivity index (χ0) is 12.3. The molecule has 0 N–H and O–H groups in total. The van der Waals surface area contributed by atoms with E-state index in [4.69, 9.17) is 5.26 Å². The molecular weight excluding hydrogens is 214 g/mol. The smallest absolute Gasteiger partial charge is 0.251 e. The van der Waals surface area contributed by atoms with Crippen LogP contribution in [0.25, 0.3) is 0 Å². The van der Waals surface area contributed by atoms with Crippen molar-refractivity contribution in [1.29, 1.82) is 5.26 Å². The highest BCUT2D eigenvalue weighted by Gasteiger charge is 2.05. The van der Waals surface area contributed by atoms with Crippen LogP contribution in [0.2, 0.25) is 0 Å². The third kappa shape index (κ3) is 2.23. The van der Waals surface area contributed by atoms with Crippen LogP contribution in [0.4, 0.5) is 0 Å². The number of nitrogens with zero attached hydrogens (tertiary/aromatic N) is 3. The standard InChI is InChI=1S/C13H11N3O/c1-10-4-2-6-13(17)16(10)9-11-5-3-7-15-12(11)8-14/h2-7H,9H2,1H3. The van der Waals surface area contributed by atoms with Gasteiger partial charge in [0, 0.05) is 23.5 Å². The van der Waals surface area contributed by atoms with Crippen molar-refractivity contribution < 1.29 is 0 Å². The van der Waals surface area contributed by atoms with Gasteiger partial charge in [-0.3, -0.25) is 4.79 Å². The van der Waals surface area contributed by atoms with Crippen LogP contribution >= 0.6 is 0 Å². The second-order valence-corrected chi connectivity index (χ2v) is 3.71. The van der Waals surface area contributed by atoms with Gasteiger partial charge in [0.25, 0.3) is 5.56 Å². The normalized spacial score (nSPS) is 9.88. The van der Waals surface area contributed by atoms with Gasteiger partial charge in [0.1, 0.15) is 11.8 Å². The Morgan fingerprint density at radius 1 is 1.35 bits per heavy atom. The van der Waals surface area contributed by atoms with E-state index in [-0.39, 0.29) is 5.56 Å². The van der Waals surface area contributed by atoms with Crippen molar-refractivity contribution in [3.8, 4) is 6.07 Å². The van der Waals surface area contributed by atoms with Gasteiger partial charge in [-0.25, -0.2) is 4.98 Å². The topological polar surface area (TPSA) is 58.7 Å². The van der Waals surface area contributed by atoms with Crippen molar-refractivity contribution in [3.05, 3.63) is 63.8 Å². The molecule has 0 aromatic carbocycles. The molecule has 2 aromatic rings. The van der Waals surface area contributed by atoms with Crippen LogP contribution in [0.5, 0.6) is 0 Å². The van der Waals surface area contributed by atoms with Crippen LogP contribution < -0.4 is 5.56 Å². The van der Waals surface area contributed by atoms with Crippen molar-refractivity contribution in [2.45, 2.75) is 13.5 Å². The summed E-state index contributed by atoms with van der Waals surface area (Å²) in [5.74, 6) is 0. The molecule has 84 valence electrons. The van der Waals surface area contributed by atoms with Crippen LogP contribution in [0.15, 0.2) is 41.3 Å². The number of hydrogen-bond donors (Lipinski definition) is 0. The molecule has 2 rings (SSSR count). The van der Waals surface area contributed by atoms with E-state index in [2.05, 4.69) is 4.98 Å². The van der Waals surface area contributed by atoms with E-state index >= 15 is 0 Å². The summed E-state index contributed by atoms with van der Waals surface area (Å²) in [5, 5.41) is 8.94. The summed E-state index contributed by atoms with van der Waals surface area (Å²) in [7, 11) is 0. The molecule has 2 aromatic heterocycles. The molecule has 0 atom stereocenters. The maximum atomic E-state index is 11.7. The molecule has 0 bridgehead atoms. The minimum Gasteiger partial charge on any atom is -0.308 e. The first-order chi connectivity index (χ1) is 8.22. The number of hydrogen-bond acceptors (Lipinski definition) is 3. The Hall–Kier alpha value is -2.41. The first-order valence-corrected chi connectivity index (χ1v) is 5.23. The highest BCUT2D eigenvalue weighted by molar-refractivity contribution is 5.31. The lowest BCUT2D eigenvalue weighted by Gasteiger charge is -2.09. The summed E-state index contributed by atoms with van der Waals surface area (Å²) in [6, 6.07) is 10.7. The van der Waals surface area contributed by atoms with E-state index in [1.54, 1.807) is 22.9 Å². The zero-order valence-corrected chi connectivity index (χ0v) is 9.42. The van der Waals surface area contributed by atoms with Crippen LogP contribution in [-0.2, 0) is 6.54 Å². The summed E-state index contributed by atoms with van der Waals surface area (Å²) in [6.07, 6.45) is 1.57. The van der Waals surface area contributed by atoms with E-state index in [1.165, 1.54) is 6.07 Å². The van der Waals surface area contributed by atoms with Gasteiger partial charge in [0.2, 0.25) is 0 Å². The summed E-state index contributed by atoms with van der Waals surface area (Å²) < 4.78 is 1.62. The summed E-state index contributed by atoms with van der Waals surface area (Å²) in [6.45, 7) is 2.24. The fourth-order valence-electron chi connectivity index (χ4n) is 1.66. The third-order valence-electron chi connectivity index (χ3n) is 2.59. The molecule has 0 aliphatic heterocycles. The minimum absolute atomic E-state index is 0.0715. The molecule has 17 heavy (non-hydrogen) atoms. The van der Waals surface area contributed by atoms with Crippen LogP contribution in [0.3, 0.4) is 0 Å². The van der Waals surface area contributed by atoms with Crippen molar-refractivity contribution in [2.24, 2.45) is 0 Å². The van der Waals surface area contributed by atoms with Gasteiger partial charge in [0.15, 0.2) is 0 Å². The molecular formula is C13H11N3O. The van der Waals surface area contributed by atoms with Crippen molar-refractivity contribution in [2.75, 3.05) is 0 Å². The van der Waals surface area contributed by atoms with Gasteiger partial charge in [-0.05, 0) is 19.1 Å². The third-order valence-corrected chi connectivity index (χ3v) is 2.59. The average molecular weight is 225 g/mol. The number of aromatic nitrogens is 2. The van der Waals surface area contributed by atoms with Gasteiger partial charge < -0.3 is 4.57 Å². The Labute approximate surface area is 98.8 Å². The SMILES string of the molecule is Cc1cccc(=O)n1Cc1cccnc1C#N. The van der Waals surface area contributed by atoms with Crippen LogP contribution in [0, 0.1) is 18.3 Å². The Morgan fingerprint density at radius 3 is 2.88 bits per heavy atom. The fraction of sp³-hybridized carbons (Fsp3) is 0.154. The molecule has 2 heterocycles. The van der Waals surface area contributed by atoms with Crippen LogP contribution in [-0.4, -0.2) is 9.55 Å². The minimum atomic E-state index is -0.0715. The Morgan fingerprint density at radius 2 is 2.18 bits per heavy atom. The second kappa shape index (κ2) is 4.62. The van der Waals surface area contributed by atoms with E-state index in [0.29, 0.717) is 12.2 Å². The number of pyridine rings is 2. The van der Waals surface area contributed by atoms with Gasteiger partial charge in [-0.2, -0.15) is 5.26 Å². The van der Waals surface area contributed by atoms with Gasteiger partial charge >= 0.3 is 0 Å². The number of aryl methyl sites for hydroxylation is 1. The highest BCUT2D eigenvalue weighted by Crippen LogP contribution is 2.06. The lowest BCUT2D eigenvalue weighted by atomic mass is 10.2. The molecule has 4 nitrogen and oxygen atoms in total. The molecule has 0 saturated heterocycles. The van der Waals surface area contributed by atoms with Gasteiger partial charge in [-0.1, -0.05) is 12.1 Å². The van der Waals surface area contributed by atoms with Crippen molar-refractivity contribution in [1.82, 2.24) is 9.55 Å². The summed E-state index contributed by atoms with van der Waals surface area (Å²) >= 11 is 0. The largest absolute Gasteiger partial charge is 0.308 e. The van der Waals surface area contributed by atoms with Crippen LogP contribution in [0.1, 0.15) is 17.0 Å². The van der Waals surface area contributed by atoms with E-state index in [0.717, 1.165) is 11.3 Å². The number of rotatable bonds is 2. The Kier molecular flexibility index (Phi) is 3.01. The number of nitriles is 1. The lowest BCUT2D eigenvalue weighted by molar-refractivity contribution is 0.725. The zero-order valence-electron chi connectivity index (χ0n) is 9.42. The summed E-state index contributed by atoms with van der Waals surface area (Å²) in [4.78, 5) is 15.7. The predicted octanol–water partition coefficient (Wildman–Crippen LogP) is 1.47. The van der Waals surface area contributed by atoms with Crippen molar-refractivity contribution in [3.63, 3.8) is 0 Å². The molecule has 0 amide bonds. The van der Waals surface area contributed by atoms with Gasteiger partial charge in [-0.15, -0.1) is 0 Å². The summed E-state index contributed by atoms with van der Waals surface area (Å²) in [5.41, 5.74) is 1.91. The Balaban J connectivity index is 2.46. The first kappa shape index (κ1) is 11.1. The molecule has 0 spiro atoms. The molecule has 0 aliphatic carbocycles. The Bertz CT molecular complexity index is 638. The van der Waals surface area contributed by atoms with Gasteiger partial charge in [0.05, 0.1) is 6.54 Å². The molecule has 0 fully saturated rings. The second-order valence-electron chi connectivity index (χ2n) is 3.71. The highest BCUT2D eigenvalue weighted by atomic mass is 16.1.